The number of nitrogens with zero attached hydrogens (tertiary/aromatic N) is 1. The molecule has 0 aliphatic rings. The zero-order valence-corrected chi connectivity index (χ0v) is 13.2. The number of rotatable bonds is 6. The number of nitrogens with one attached hydrogen (secondary N) is 1. The van der Waals surface area contributed by atoms with Crippen LogP contribution in [-0.2, 0) is 4.79 Å². The van der Waals surface area contributed by atoms with Crippen LogP contribution in [-0.4, -0.2) is 30.4 Å². The second kappa shape index (κ2) is 7.29. The van der Waals surface area contributed by atoms with Crippen LogP contribution in [0.1, 0.15) is 32.8 Å². The largest absolute Gasteiger partial charge is 0.399 e. The second-order valence-electron chi connectivity index (χ2n) is 5.69. The van der Waals surface area contributed by atoms with Gasteiger partial charge >= 0.3 is 0 Å². The number of hydrogen-bond acceptors (Lipinski definition) is 3. The van der Waals surface area contributed by atoms with Gasteiger partial charge in [0.05, 0.1) is 6.04 Å². The van der Waals surface area contributed by atoms with Gasteiger partial charge in [-0.25, -0.2) is 0 Å². The SMILES string of the molecule is CCC(C)CN(C)C(C)C(=O)Nc1cc(N)ccc1C. The van der Waals surface area contributed by atoms with Crippen molar-refractivity contribution in [2.75, 3.05) is 24.6 Å². The van der Waals surface area contributed by atoms with E-state index in [4.69, 9.17) is 5.73 Å². The summed E-state index contributed by atoms with van der Waals surface area (Å²) in [4.78, 5) is 14.4. The van der Waals surface area contributed by atoms with E-state index in [9.17, 15) is 4.79 Å². The van der Waals surface area contributed by atoms with Crippen molar-refractivity contribution in [2.24, 2.45) is 5.92 Å². The van der Waals surface area contributed by atoms with Gasteiger partial charge in [0.2, 0.25) is 5.91 Å². The first-order valence-corrected chi connectivity index (χ1v) is 7.22. The van der Waals surface area contributed by atoms with Crippen LogP contribution in [0.4, 0.5) is 11.4 Å². The molecule has 20 heavy (non-hydrogen) atoms. The lowest BCUT2D eigenvalue weighted by Crippen LogP contribution is -2.41. The highest BCUT2D eigenvalue weighted by Gasteiger charge is 2.19. The van der Waals surface area contributed by atoms with E-state index in [0.29, 0.717) is 11.6 Å². The van der Waals surface area contributed by atoms with E-state index in [1.807, 2.05) is 33.0 Å². The number of anilines is 2. The van der Waals surface area contributed by atoms with Crippen molar-refractivity contribution in [1.29, 1.82) is 0 Å². The number of aryl methyl sites for hydroxylation is 1. The van der Waals surface area contributed by atoms with Crippen LogP contribution in [0.25, 0.3) is 0 Å². The minimum Gasteiger partial charge on any atom is -0.399 e. The van der Waals surface area contributed by atoms with E-state index < -0.39 is 0 Å². The number of hydrogen-bond donors (Lipinski definition) is 2. The number of carbonyl (C=O) groups is 1. The molecule has 1 aromatic carbocycles. The summed E-state index contributed by atoms with van der Waals surface area (Å²) in [5.41, 5.74) is 8.23. The Morgan fingerprint density at radius 2 is 2.05 bits per heavy atom. The monoisotopic (exact) mass is 277 g/mol. The maximum atomic E-state index is 12.3. The van der Waals surface area contributed by atoms with Crippen LogP contribution in [0.5, 0.6) is 0 Å². The van der Waals surface area contributed by atoms with Gasteiger partial charge in [0.15, 0.2) is 0 Å². The summed E-state index contributed by atoms with van der Waals surface area (Å²) in [5, 5.41) is 2.96. The quantitative estimate of drug-likeness (QED) is 0.786. The van der Waals surface area contributed by atoms with E-state index >= 15 is 0 Å². The van der Waals surface area contributed by atoms with Gasteiger partial charge in [-0.15, -0.1) is 0 Å². The highest BCUT2D eigenvalue weighted by atomic mass is 16.2. The fourth-order valence-electron chi connectivity index (χ4n) is 1.99. The molecule has 0 aromatic heterocycles. The van der Waals surface area contributed by atoms with Crippen LogP contribution in [0, 0.1) is 12.8 Å². The van der Waals surface area contributed by atoms with Gasteiger partial charge in [-0.1, -0.05) is 26.3 Å². The predicted molar refractivity (Wildman–Crippen MR) is 85.8 cm³/mol. The Morgan fingerprint density at radius 1 is 1.40 bits per heavy atom. The standard InChI is InChI=1S/C16H27N3O/c1-6-11(2)10-19(5)13(4)16(20)18-15-9-14(17)8-7-12(15)3/h7-9,11,13H,6,10,17H2,1-5H3,(H,18,20). The zero-order valence-electron chi connectivity index (χ0n) is 13.2. The first-order chi connectivity index (χ1) is 9.35. The van der Waals surface area contributed by atoms with E-state index in [1.54, 1.807) is 6.07 Å². The van der Waals surface area contributed by atoms with Crippen molar-refractivity contribution < 1.29 is 4.79 Å². The number of nitrogens with two attached hydrogens (primary N) is 1. The molecule has 1 amide bonds. The summed E-state index contributed by atoms with van der Waals surface area (Å²) in [6, 6.07) is 5.39. The molecule has 0 saturated carbocycles. The lowest BCUT2D eigenvalue weighted by molar-refractivity contribution is -0.120. The molecule has 0 aliphatic heterocycles. The first kappa shape index (κ1) is 16.5. The minimum atomic E-state index is -0.162. The second-order valence-corrected chi connectivity index (χ2v) is 5.69. The Balaban J connectivity index is 2.68. The smallest absolute Gasteiger partial charge is 0.241 e. The van der Waals surface area contributed by atoms with E-state index in [0.717, 1.165) is 24.2 Å². The molecule has 1 rings (SSSR count). The molecule has 0 radical (unpaired) electrons. The maximum absolute atomic E-state index is 12.3. The fourth-order valence-corrected chi connectivity index (χ4v) is 1.99. The average molecular weight is 277 g/mol. The van der Waals surface area contributed by atoms with Crippen LogP contribution in [0.15, 0.2) is 18.2 Å². The first-order valence-electron chi connectivity index (χ1n) is 7.22. The number of likely N-dealkylation sites (N-methyl/N-ethyl adjacent to an activating group) is 1. The number of carbonyl (C=O) groups excluding carboxylic acids is 1. The summed E-state index contributed by atoms with van der Waals surface area (Å²) < 4.78 is 0. The summed E-state index contributed by atoms with van der Waals surface area (Å²) in [6.45, 7) is 9.17. The molecule has 112 valence electrons. The van der Waals surface area contributed by atoms with Gasteiger partial charge in [-0.2, -0.15) is 0 Å². The zero-order chi connectivity index (χ0) is 15.3. The van der Waals surface area contributed by atoms with E-state index in [2.05, 4.69) is 24.1 Å². The third kappa shape index (κ3) is 4.53. The molecule has 0 saturated heterocycles. The Kier molecular flexibility index (Phi) is 6.02. The molecule has 0 aliphatic carbocycles. The highest BCUT2D eigenvalue weighted by molar-refractivity contribution is 5.95. The summed E-state index contributed by atoms with van der Waals surface area (Å²) in [6.07, 6.45) is 1.12. The van der Waals surface area contributed by atoms with Gasteiger partial charge in [0.25, 0.3) is 0 Å². The van der Waals surface area contributed by atoms with Crippen LogP contribution in [0.2, 0.25) is 0 Å². The van der Waals surface area contributed by atoms with E-state index in [-0.39, 0.29) is 11.9 Å². The predicted octanol–water partition coefficient (Wildman–Crippen LogP) is 2.88. The van der Waals surface area contributed by atoms with Gasteiger partial charge in [-0.05, 0) is 44.5 Å². The summed E-state index contributed by atoms with van der Waals surface area (Å²) in [5.74, 6) is 0.592. The third-order valence-corrected chi connectivity index (χ3v) is 3.86. The molecule has 3 N–H and O–H groups in total. The lowest BCUT2D eigenvalue weighted by atomic mass is 10.1. The van der Waals surface area contributed by atoms with Gasteiger partial charge in [-0.3, -0.25) is 9.69 Å². The fraction of sp³-hybridized carbons (Fsp3) is 0.562. The third-order valence-electron chi connectivity index (χ3n) is 3.86. The highest BCUT2D eigenvalue weighted by Crippen LogP contribution is 2.18. The number of nitrogen functional groups attached to an aromatic ring is 1. The number of benzene rings is 1. The molecule has 0 fully saturated rings. The van der Waals surface area contributed by atoms with Gasteiger partial charge in [0, 0.05) is 17.9 Å². The van der Waals surface area contributed by atoms with Crippen molar-refractivity contribution in [2.45, 2.75) is 40.2 Å². The maximum Gasteiger partial charge on any atom is 0.241 e. The Hall–Kier alpha value is -1.55. The van der Waals surface area contributed by atoms with Crippen molar-refractivity contribution >= 4 is 17.3 Å². The Bertz CT molecular complexity index is 459. The van der Waals surface area contributed by atoms with Crippen molar-refractivity contribution in [1.82, 2.24) is 4.90 Å². The average Bonchev–Trinajstić information content (AvgIpc) is 2.41. The van der Waals surface area contributed by atoms with Gasteiger partial charge in [0.1, 0.15) is 0 Å². The Morgan fingerprint density at radius 3 is 2.65 bits per heavy atom. The molecule has 0 bridgehead atoms. The molecule has 2 unspecified atom stereocenters. The molecule has 0 spiro atoms. The lowest BCUT2D eigenvalue weighted by Gasteiger charge is -2.26. The molecule has 4 nitrogen and oxygen atoms in total. The minimum absolute atomic E-state index is 0.00417. The molecular weight excluding hydrogens is 250 g/mol. The summed E-state index contributed by atoms with van der Waals surface area (Å²) in [7, 11) is 1.99. The van der Waals surface area contributed by atoms with Crippen LogP contribution < -0.4 is 11.1 Å². The van der Waals surface area contributed by atoms with Crippen molar-refractivity contribution in [3.8, 4) is 0 Å². The van der Waals surface area contributed by atoms with Crippen LogP contribution >= 0.6 is 0 Å². The van der Waals surface area contributed by atoms with Crippen LogP contribution in [0.3, 0.4) is 0 Å². The normalized spacial score (nSPS) is 14.1. The van der Waals surface area contributed by atoms with Gasteiger partial charge < -0.3 is 11.1 Å². The van der Waals surface area contributed by atoms with Crippen molar-refractivity contribution in [3.05, 3.63) is 23.8 Å². The molecule has 2 atom stereocenters. The topological polar surface area (TPSA) is 58.4 Å². The molecule has 0 heterocycles. The molecular formula is C16H27N3O. The molecule has 1 aromatic rings. The molecule has 4 heteroatoms. The van der Waals surface area contributed by atoms with E-state index in [1.165, 1.54) is 0 Å². The van der Waals surface area contributed by atoms with Crippen molar-refractivity contribution in [3.63, 3.8) is 0 Å². The summed E-state index contributed by atoms with van der Waals surface area (Å²) >= 11 is 0. The number of amides is 1. The Labute approximate surface area is 122 Å².